The molecule has 0 unspecified atom stereocenters. The summed E-state index contributed by atoms with van der Waals surface area (Å²) in [6.45, 7) is 4.00. The average Bonchev–Trinajstić information content (AvgIpc) is 2.84. The molecule has 1 aliphatic rings. The van der Waals surface area contributed by atoms with Crippen LogP contribution in [0.25, 0.3) is 0 Å². The maximum Gasteiger partial charge on any atom is 0.290 e. The molecular formula is C10H17N3O. The highest BCUT2D eigenvalue weighted by molar-refractivity contribution is 5.45. The van der Waals surface area contributed by atoms with Crippen LogP contribution in [0.15, 0.2) is 4.79 Å². The number of aromatic nitrogens is 2. The Bertz CT molecular complexity index is 410. The number of hydrogen-bond acceptors (Lipinski definition) is 2. The predicted octanol–water partition coefficient (Wildman–Crippen LogP) is 1.23. The van der Waals surface area contributed by atoms with E-state index in [1.54, 1.807) is 4.68 Å². The SMILES string of the molecule is CC(C)n1c(=O)c(N)c(C2CC2)n1C. The summed E-state index contributed by atoms with van der Waals surface area (Å²) in [5.41, 5.74) is 7.27. The molecule has 4 heteroatoms. The van der Waals surface area contributed by atoms with Gasteiger partial charge in [0.2, 0.25) is 0 Å². The summed E-state index contributed by atoms with van der Waals surface area (Å²) >= 11 is 0. The van der Waals surface area contributed by atoms with Crippen molar-refractivity contribution < 1.29 is 0 Å². The van der Waals surface area contributed by atoms with Gasteiger partial charge in [-0.05, 0) is 26.7 Å². The first-order valence-electron chi connectivity index (χ1n) is 5.11. The first-order chi connectivity index (χ1) is 6.54. The van der Waals surface area contributed by atoms with Crippen LogP contribution in [0.2, 0.25) is 0 Å². The molecule has 0 aromatic carbocycles. The van der Waals surface area contributed by atoms with Crippen molar-refractivity contribution in [2.45, 2.75) is 38.6 Å². The molecule has 0 aliphatic heterocycles. The van der Waals surface area contributed by atoms with Crippen molar-refractivity contribution in [2.24, 2.45) is 7.05 Å². The zero-order chi connectivity index (χ0) is 10.5. The second-order valence-electron chi connectivity index (χ2n) is 4.34. The van der Waals surface area contributed by atoms with E-state index in [9.17, 15) is 4.79 Å². The van der Waals surface area contributed by atoms with Gasteiger partial charge in [-0.1, -0.05) is 0 Å². The van der Waals surface area contributed by atoms with Gasteiger partial charge in [0, 0.05) is 19.0 Å². The molecule has 2 N–H and O–H groups in total. The highest BCUT2D eigenvalue weighted by Crippen LogP contribution is 2.41. The molecule has 0 bridgehead atoms. The maximum absolute atomic E-state index is 11.8. The minimum Gasteiger partial charge on any atom is -0.393 e. The van der Waals surface area contributed by atoms with Crippen LogP contribution >= 0.6 is 0 Å². The van der Waals surface area contributed by atoms with E-state index in [1.165, 1.54) is 12.8 Å². The number of hydrogen-bond donors (Lipinski definition) is 1. The van der Waals surface area contributed by atoms with Gasteiger partial charge in [-0.3, -0.25) is 9.48 Å². The summed E-state index contributed by atoms with van der Waals surface area (Å²) < 4.78 is 3.66. The summed E-state index contributed by atoms with van der Waals surface area (Å²) in [5, 5.41) is 0. The number of anilines is 1. The fourth-order valence-corrected chi connectivity index (χ4v) is 2.08. The van der Waals surface area contributed by atoms with Crippen molar-refractivity contribution in [2.75, 3.05) is 5.73 Å². The lowest BCUT2D eigenvalue weighted by molar-refractivity contribution is 0.429. The fourth-order valence-electron chi connectivity index (χ4n) is 2.08. The normalized spacial score (nSPS) is 16.6. The van der Waals surface area contributed by atoms with Crippen LogP contribution in [0.5, 0.6) is 0 Å². The quantitative estimate of drug-likeness (QED) is 0.771. The van der Waals surface area contributed by atoms with E-state index in [-0.39, 0.29) is 11.6 Å². The van der Waals surface area contributed by atoms with Gasteiger partial charge in [0.25, 0.3) is 5.56 Å². The van der Waals surface area contributed by atoms with Gasteiger partial charge in [0.1, 0.15) is 5.69 Å². The minimum atomic E-state index is -0.0376. The predicted molar refractivity (Wildman–Crippen MR) is 56.4 cm³/mol. The first kappa shape index (κ1) is 9.37. The Balaban J connectivity index is 2.62. The highest BCUT2D eigenvalue weighted by Gasteiger charge is 2.31. The lowest BCUT2D eigenvalue weighted by Gasteiger charge is -2.12. The molecule has 1 saturated carbocycles. The van der Waals surface area contributed by atoms with Crippen LogP contribution in [-0.2, 0) is 7.05 Å². The molecular weight excluding hydrogens is 178 g/mol. The van der Waals surface area contributed by atoms with E-state index in [0.29, 0.717) is 11.6 Å². The molecule has 0 saturated heterocycles. The smallest absolute Gasteiger partial charge is 0.290 e. The Morgan fingerprint density at radius 3 is 2.36 bits per heavy atom. The van der Waals surface area contributed by atoms with Crippen molar-refractivity contribution in [3.8, 4) is 0 Å². The molecule has 1 aromatic heterocycles. The second kappa shape index (κ2) is 2.90. The standard InChI is InChI=1S/C10H17N3O/c1-6(2)13-10(14)8(11)9(12(13)3)7-4-5-7/h6-7H,4-5,11H2,1-3H3. The van der Waals surface area contributed by atoms with Gasteiger partial charge >= 0.3 is 0 Å². The van der Waals surface area contributed by atoms with Crippen molar-refractivity contribution in [1.82, 2.24) is 9.36 Å². The Morgan fingerprint density at radius 1 is 1.43 bits per heavy atom. The lowest BCUT2D eigenvalue weighted by Crippen LogP contribution is -2.24. The molecule has 0 radical (unpaired) electrons. The Kier molecular flexibility index (Phi) is 1.94. The summed E-state index contributed by atoms with van der Waals surface area (Å²) in [7, 11) is 1.92. The van der Waals surface area contributed by atoms with Gasteiger partial charge in [0.05, 0.1) is 5.69 Å². The van der Waals surface area contributed by atoms with E-state index in [4.69, 9.17) is 5.73 Å². The maximum atomic E-state index is 11.8. The number of nitrogen functional groups attached to an aromatic ring is 1. The van der Waals surface area contributed by atoms with Crippen molar-refractivity contribution in [3.63, 3.8) is 0 Å². The van der Waals surface area contributed by atoms with Gasteiger partial charge in [0.15, 0.2) is 0 Å². The largest absolute Gasteiger partial charge is 0.393 e. The summed E-state index contributed by atoms with van der Waals surface area (Å²) in [6.07, 6.45) is 2.33. The molecule has 14 heavy (non-hydrogen) atoms. The van der Waals surface area contributed by atoms with Gasteiger partial charge in [-0.25, -0.2) is 4.68 Å². The molecule has 0 spiro atoms. The Hall–Kier alpha value is -1.19. The molecule has 2 rings (SSSR count). The summed E-state index contributed by atoms with van der Waals surface area (Å²) in [5.74, 6) is 0.521. The third-order valence-electron chi connectivity index (χ3n) is 2.84. The van der Waals surface area contributed by atoms with E-state index in [2.05, 4.69) is 0 Å². The monoisotopic (exact) mass is 195 g/mol. The molecule has 1 fully saturated rings. The molecule has 4 nitrogen and oxygen atoms in total. The van der Waals surface area contributed by atoms with Crippen molar-refractivity contribution in [1.29, 1.82) is 0 Å². The van der Waals surface area contributed by atoms with E-state index < -0.39 is 0 Å². The fraction of sp³-hybridized carbons (Fsp3) is 0.700. The second-order valence-corrected chi connectivity index (χ2v) is 4.34. The average molecular weight is 195 g/mol. The van der Waals surface area contributed by atoms with Crippen LogP contribution in [0, 0.1) is 0 Å². The minimum absolute atomic E-state index is 0.0376. The Labute approximate surface area is 83.3 Å². The van der Waals surface area contributed by atoms with Gasteiger partial charge in [-0.2, -0.15) is 0 Å². The molecule has 1 aliphatic carbocycles. The van der Waals surface area contributed by atoms with Crippen LogP contribution in [-0.4, -0.2) is 9.36 Å². The number of nitrogens with two attached hydrogens (primary N) is 1. The lowest BCUT2D eigenvalue weighted by atomic mass is 10.2. The Morgan fingerprint density at radius 2 is 2.00 bits per heavy atom. The van der Waals surface area contributed by atoms with E-state index >= 15 is 0 Å². The third-order valence-corrected chi connectivity index (χ3v) is 2.84. The van der Waals surface area contributed by atoms with Crippen LogP contribution in [0.1, 0.15) is 44.3 Å². The zero-order valence-corrected chi connectivity index (χ0v) is 8.95. The van der Waals surface area contributed by atoms with E-state index in [0.717, 1.165) is 5.69 Å². The molecule has 78 valence electrons. The van der Waals surface area contributed by atoms with Crippen molar-refractivity contribution in [3.05, 3.63) is 16.0 Å². The van der Waals surface area contributed by atoms with E-state index in [1.807, 2.05) is 25.6 Å². The molecule has 1 heterocycles. The third kappa shape index (κ3) is 1.17. The van der Waals surface area contributed by atoms with Crippen LogP contribution < -0.4 is 11.3 Å². The first-order valence-corrected chi connectivity index (χ1v) is 5.11. The summed E-state index contributed by atoms with van der Waals surface area (Å²) in [6, 6.07) is 0.169. The highest BCUT2D eigenvalue weighted by atomic mass is 16.1. The molecule has 1 aromatic rings. The molecule has 0 atom stereocenters. The number of nitrogens with zero attached hydrogens (tertiary/aromatic N) is 2. The topological polar surface area (TPSA) is 52.9 Å². The number of rotatable bonds is 2. The summed E-state index contributed by atoms with van der Waals surface area (Å²) in [4.78, 5) is 11.8. The zero-order valence-electron chi connectivity index (χ0n) is 8.95. The van der Waals surface area contributed by atoms with Gasteiger partial charge in [-0.15, -0.1) is 0 Å². The van der Waals surface area contributed by atoms with Crippen LogP contribution in [0.4, 0.5) is 5.69 Å². The van der Waals surface area contributed by atoms with Crippen molar-refractivity contribution >= 4 is 5.69 Å². The van der Waals surface area contributed by atoms with Crippen LogP contribution in [0.3, 0.4) is 0 Å². The molecule has 0 amide bonds. The van der Waals surface area contributed by atoms with Gasteiger partial charge < -0.3 is 5.73 Å².